The highest BCUT2D eigenvalue weighted by Gasteiger charge is 2.08. The molecule has 0 bridgehead atoms. The molecule has 82 valence electrons. The van der Waals surface area contributed by atoms with E-state index in [2.05, 4.69) is 21.2 Å². The third-order valence-corrected chi connectivity index (χ3v) is 2.67. The van der Waals surface area contributed by atoms with Crippen LogP contribution in [0.2, 0.25) is 5.02 Å². The summed E-state index contributed by atoms with van der Waals surface area (Å²) in [7, 11) is 0. The SMILES string of the molecule is CC(C)NC(=O)Cc1cc(Br)ccc1Cl. The van der Waals surface area contributed by atoms with Crippen molar-refractivity contribution in [1.82, 2.24) is 5.32 Å². The van der Waals surface area contributed by atoms with Crippen molar-refractivity contribution in [3.05, 3.63) is 33.3 Å². The zero-order valence-electron chi connectivity index (χ0n) is 8.68. The molecule has 1 aromatic rings. The third kappa shape index (κ3) is 4.22. The lowest BCUT2D eigenvalue weighted by atomic mass is 10.1. The number of halogens is 2. The van der Waals surface area contributed by atoms with Crippen LogP contribution in [0.15, 0.2) is 22.7 Å². The van der Waals surface area contributed by atoms with Crippen LogP contribution in [0.3, 0.4) is 0 Å². The first kappa shape index (κ1) is 12.5. The summed E-state index contributed by atoms with van der Waals surface area (Å²) in [4.78, 5) is 11.5. The largest absolute Gasteiger partial charge is 0.354 e. The monoisotopic (exact) mass is 289 g/mol. The molecule has 1 aromatic carbocycles. The standard InChI is InChI=1S/C11H13BrClNO/c1-7(2)14-11(15)6-8-5-9(12)3-4-10(8)13/h3-5,7H,6H2,1-2H3,(H,14,15). The molecule has 0 saturated carbocycles. The number of hydrogen-bond donors (Lipinski definition) is 1. The molecular formula is C11H13BrClNO. The number of benzene rings is 1. The maximum Gasteiger partial charge on any atom is 0.224 e. The molecule has 0 aliphatic rings. The predicted octanol–water partition coefficient (Wildman–Crippen LogP) is 3.17. The van der Waals surface area contributed by atoms with E-state index < -0.39 is 0 Å². The summed E-state index contributed by atoms with van der Waals surface area (Å²) in [5.74, 6) is -0.00926. The van der Waals surface area contributed by atoms with Gasteiger partial charge in [0.25, 0.3) is 0 Å². The molecule has 0 unspecified atom stereocenters. The first-order valence-corrected chi connectivity index (χ1v) is 5.89. The van der Waals surface area contributed by atoms with Crippen molar-refractivity contribution in [2.75, 3.05) is 0 Å². The van der Waals surface area contributed by atoms with Gasteiger partial charge in [0.15, 0.2) is 0 Å². The average Bonchev–Trinajstić information content (AvgIpc) is 2.10. The zero-order chi connectivity index (χ0) is 11.4. The molecule has 0 aromatic heterocycles. The van der Waals surface area contributed by atoms with Gasteiger partial charge in [0.2, 0.25) is 5.91 Å². The Bertz CT molecular complexity index is 366. The van der Waals surface area contributed by atoms with Crippen LogP contribution in [-0.4, -0.2) is 11.9 Å². The predicted molar refractivity (Wildman–Crippen MR) is 66.1 cm³/mol. The molecule has 0 atom stereocenters. The quantitative estimate of drug-likeness (QED) is 0.910. The number of nitrogens with one attached hydrogen (secondary N) is 1. The van der Waals surface area contributed by atoms with Crippen LogP contribution >= 0.6 is 27.5 Å². The average molecular weight is 291 g/mol. The second kappa shape index (κ2) is 5.52. The van der Waals surface area contributed by atoms with Crippen molar-refractivity contribution in [1.29, 1.82) is 0 Å². The van der Waals surface area contributed by atoms with Gasteiger partial charge in [0, 0.05) is 15.5 Å². The van der Waals surface area contributed by atoms with Crippen LogP contribution in [0, 0.1) is 0 Å². The van der Waals surface area contributed by atoms with Crippen LogP contribution in [0.1, 0.15) is 19.4 Å². The van der Waals surface area contributed by atoms with E-state index in [-0.39, 0.29) is 11.9 Å². The lowest BCUT2D eigenvalue weighted by molar-refractivity contribution is -0.120. The Kier molecular flexibility index (Phi) is 4.61. The van der Waals surface area contributed by atoms with Crippen LogP contribution in [-0.2, 0) is 11.2 Å². The molecule has 1 amide bonds. The Morgan fingerprint density at radius 1 is 1.53 bits per heavy atom. The Morgan fingerprint density at radius 3 is 2.80 bits per heavy atom. The van der Waals surface area contributed by atoms with Crippen molar-refractivity contribution in [2.45, 2.75) is 26.3 Å². The molecular weight excluding hydrogens is 277 g/mol. The number of hydrogen-bond acceptors (Lipinski definition) is 1. The topological polar surface area (TPSA) is 29.1 Å². The van der Waals surface area contributed by atoms with Gasteiger partial charge in [-0.15, -0.1) is 0 Å². The molecule has 0 saturated heterocycles. The summed E-state index contributed by atoms with van der Waals surface area (Å²) in [5, 5.41) is 3.45. The molecule has 0 fully saturated rings. The fraction of sp³-hybridized carbons (Fsp3) is 0.364. The Hall–Kier alpha value is -0.540. The molecule has 0 heterocycles. The fourth-order valence-electron chi connectivity index (χ4n) is 1.22. The number of carbonyl (C=O) groups excluding carboxylic acids is 1. The molecule has 0 aliphatic carbocycles. The molecule has 1 rings (SSSR count). The maximum atomic E-state index is 11.5. The second-order valence-electron chi connectivity index (χ2n) is 3.63. The van der Waals surface area contributed by atoms with E-state index in [1.807, 2.05) is 26.0 Å². The van der Waals surface area contributed by atoms with Crippen molar-refractivity contribution in [3.63, 3.8) is 0 Å². The van der Waals surface area contributed by atoms with E-state index >= 15 is 0 Å². The maximum absolute atomic E-state index is 11.5. The summed E-state index contributed by atoms with van der Waals surface area (Å²) in [5.41, 5.74) is 0.837. The van der Waals surface area contributed by atoms with E-state index in [0.717, 1.165) is 10.0 Å². The minimum atomic E-state index is -0.00926. The van der Waals surface area contributed by atoms with Gasteiger partial charge in [0.1, 0.15) is 0 Å². The Labute approximate surface area is 103 Å². The van der Waals surface area contributed by atoms with E-state index in [4.69, 9.17) is 11.6 Å². The van der Waals surface area contributed by atoms with Gasteiger partial charge in [-0.05, 0) is 37.6 Å². The molecule has 0 radical (unpaired) electrons. The second-order valence-corrected chi connectivity index (χ2v) is 4.96. The van der Waals surface area contributed by atoms with E-state index in [1.165, 1.54) is 0 Å². The first-order valence-electron chi connectivity index (χ1n) is 4.72. The number of carbonyl (C=O) groups is 1. The molecule has 0 aliphatic heterocycles. The molecule has 0 spiro atoms. The highest BCUT2D eigenvalue weighted by Crippen LogP contribution is 2.21. The Morgan fingerprint density at radius 2 is 2.20 bits per heavy atom. The number of amides is 1. The first-order chi connectivity index (χ1) is 6.99. The van der Waals surface area contributed by atoms with Crippen LogP contribution in [0.25, 0.3) is 0 Å². The van der Waals surface area contributed by atoms with E-state index in [9.17, 15) is 4.79 Å². The molecule has 15 heavy (non-hydrogen) atoms. The minimum absolute atomic E-state index is 0.00926. The van der Waals surface area contributed by atoms with Crippen LogP contribution < -0.4 is 5.32 Å². The minimum Gasteiger partial charge on any atom is -0.354 e. The molecule has 1 N–H and O–H groups in total. The third-order valence-electron chi connectivity index (χ3n) is 1.81. The normalized spacial score (nSPS) is 10.5. The summed E-state index contributed by atoms with van der Waals surface area (Å²) in [6.45, 7) is 3.86. The van der Waals surface area contributed by atoms with Crippen molar-refractivity contribution >= 4 is 33.4 Å². The lowest BCUT2D eigenvalue weighted by Crippen LogP contribution is -2.31. The van der Waals surface area contributed by atoms with Crippen LogP contribution in [0.4, 0.5) is 0 Å². The molecule has 2 nitrogen and oxygen atoms in total. The smallest absolute Gasteiger partial charge is 0.224 e. The van der Waals surface area contributed by atoms with Crippen molar-refractivity contribution < 1.29 is 4.79 Å². The number of rotatable bonds is 3. The van der Waals surface area contributed by atoms with Gasteiger partial charge in [-0.2, -0.15) is 0 Å². The summed E-state index contributed by atoms with van der Waals surface area (Å²) in [6, 6.07) is 5.65. The van der Waals surface area contributed by atoms with Crippen LogP contribution in [0.5, 0.6) is 0 Å². The van der Waals surface area contributed by atoms with E-state index in [1.54, 1.807) is 6.07 Å². The van der Waals surface area contributed by atoms with Gasteiger partial charge < -0.3 is 5.32 Å². The van der Waals surface area contributed by atoms with E-state index in [0.29, 0.717) is 11.4 Å². The zero-order valence-corrected chi connectivity index (χ0v) is 11.0. The molecule has 4 heteroatoms. The van der Waals surface area contributed by atoms with Gasteiger partial charge >= 0.3 is 0 Å². The van der Waals surface area contributed by atoms with Gasteiger partial charge in [-0.25, -0.2) is 0 Å². The summed E-state index contributed by atoms with van der Waals surface area (Å²) in [6.07, 6.45) is 0.316. The highest BCUT2D eigenvalue weighted by molar-refractivity contribution is 9.10. The van der Waals surface area contributed by atoms with Gasteiger partial charge in [-0.3, -0.25) is 4.79 Å². The van der Waals surface area contributed by atoms with Gasteiger partial charge in [-0.1, -0.05) is 27.5 Å². The summed E-state index contributed by atoms with van der Waals surface area (Å²) >= 11 is 9.32. The Balaban J connectivity index is 2.71. The van der Waals surface area contributed by atoms with Crippen molar-refractivity contribution in [2.24, 2.45) is 0 Å². The van der Waals surface area contributed by atoms with Gasteiger partial charge in [0.05, 0.1) is 6.42 Å². The fourth-order valence-corrected chi connectivity index (χ4v) is 1.82. The lowest BCUT2D eigenvalue weighted by Gasteiger charge is -2.09. The van der Waals surface area contributed by atoms with Crippen molar-refractivity contribution in [3.8, 4) is 0 Å². The highest BCUT2D eigenvalue weighted by atomic mass is 79.9. The summed E-state index contributed by atoms with van der Waals surface area (Å²) < 4.78 is 0.930.